The Hall–Kier alpha value is -1.49. The van der Waals surface area contributed by atoms with Gasteiger partial charge in [-0.2, -0.15) is 0 Å². The van der Waals surface area contributed by atoms with Gasteiger partial charge in [0.25, 0.3) is 0 Å². The molecule has 0 radical (unpaired) electrons. The Kier molecular flexibility index (Phi) is 3.91. The fraction of sp³-hybridized carbons (Fsp3) is 0.462. The minimum absolute atomic E-state index is 0.0234. The standard InChI is InChI=1S/C13H15F2NO2/c1-18-13(17)10-6-9(11(14)7-12(10)15)8-2-4-16-5-3-8/h6-8,16H,2-5H2,1H3. The number of methoxy groups -OCH3 is 1. The van der Waals surface area contributed by atoms with Gasteiger partial charge >= 0.3 is 5.97 Å². The molecule has 1 aliphatic heterocycles. The van der Waals surface area contributed by atoms with Gasteiger partial charge in [-0.15, -0.1) is 0 Å². The molecule has 0 aliphatic carbocycles. The van der Waals surface area contributed by atoms with Gasteiger partial charge in [0.2, 0.25) is 0 Å². The van der Waals surface area contributed by atoms with Crippen LogP contribution in [0.1, 0.15) is 34.7 Å². The number of nitrogens with one attached hydrogen (secondary N) is 1. The number of hydrogen-bond donors (Lipinski definition) is 1. The molecule has 1 aromatic carbocycles. The van der Waals surface area contributed by atoms with Crippen LogP contribution in [0.3, 0.4) is 0 Å². The third kappa shape index (κ3) is 2.51. The van der Waals surface area contributed by atoms with Crippen molar-refractivity contribution in [2.45, 2.75) is 18.8 Å². The molecule has 1 N–H and O–H groups in total. The van der Waals surface area contributed by atoms with Crippen LogP contribution in [0.15, 0.2) is 12.1 Å². The molecule has 98 valence electrons. The zero-order chi connectivity index (χ0) is 13.1. The van der Waals surface area contributed by atoms with E-state index in [1.807, 2.05) is 0 Å². The molecule has 0 unspecified atom stereocenters. The summed E-state index contributed by atoms with van der Waals surface area (Å²) in [6.45, 7) is 1.60. The van der Waals surface area contributed by atoms with Gasteiger partial charge in [0.15, 0.2) is 0 Å². The Morgan fingerprint density at radius 3 is 2.56 bits per heavy atom. The first-order chi connectivity index (χ1) is 8.63. The summed E-state index contributed by atoms with van der Waals surface area (Å²) >= 11 is 0. The lowest BCUT2D eigenvalue weighted by molar-refractivity contribution is 0.0595. The Morgan fingerprint density at radius 1 is 1.28 bits per heavy atom. The van der Waals surface area contributed by atoms with Crippen LogP contribution in [-0.2, 0) is 4.74 Å². The highest BCUT2D eigenvalue weighted by molar-refractivity contribution is 5.89. The zero-order valence-corrected chi connectivity index (χ0v) is 10.1. The second-order valence-electron chi connectivity index (χ2n) is 4.37. The minimum atomic E-state index is -0.878. The molecule has 0 atom stereocenters. The molecule has 1 aromatic rings. The number of carbonyl (C=O) groups is 1. The summed E-state index contributed by atoms with van der Waals surface area (Å²) in [5, 5.41) is 3.18. The van der Waals surface area contributed by atoms with Crippen LogP contribution >= 0.6 is 0 Å². The second kappa shape index (κ2) is 5.44. The van der Waals surface area contributed by atoms with E-state index in [1.165, 1.54) is 13.2 Å². The molecule has 5 heteroatoms. The van der Waals surface area contributed by atoms with Gasteiger partial charge < -0.3 is 10.1 Å². The normalized spacial score (nSPS) is 16.6. The third-order valence-electron chi connectivity index (χ3n) is 3.27. The van der Waals surface area contributed by atoms with E-state index in [9.17, 15) is 13.6 Å². The first-order valence-corrected chi connectivity index (χ1v) is 5.91. The smallest absolute Gasteiger partial charge is 0.340 e. The molecule has 1 aliphatic rings. The topological polar surface area (TPSA) is 38.3 Å². The number of esters is 1. The Morgan fingerprint density at radius 2 is 1.94 bits per heavy atom. The highest BCUT2D eigenvalue weighted by Crippen LogP contribution is 2.29. The summed E-state index contributed by atoms with van der Waals surface area (Å²) in [6.07, 6.45) is 1.56. The molecule has 0 bridgehead atoms. The number of piperidine rings is 1. The van der Waals surface area contributed by atoms with Gasteiger partial charge in [-0.25, -0.2) is 13.6 Å². The van der Waals surface area contributed by atoms with Gasteiger partial charge in [-0.05, 0) is 43.5 Å². The van der Waals surface area contributed by atoms with Crippen LogP contribution < -0.4 is 5.32 Å². The Bertz CT molecular complexity index is 457. The van der Waals surface area contributed by atoms with E-state index < -0.39 is 17.6 Å². The maximum Gasteiger partial charge on any atom is 0.340 e. The summed E-state index contributed by atoms with van der Waals surface area (Å²) in [4.78, 5) is 11.4. The molecular weight excluding hydrogens is 240 g/mol. The van der Waals surface area contributed by atoms with Crippen LogP contribution in [0.5, 0.6) is 0 Å². The minimum Gasteiger partial charge on any atom is -0.465 e. The SMILES string of the molecule is COC(=O)c1cc(C2CCNCC2)c(F)cc1F. The second-order valence-corrected chi connectivity index (χ2v) is 4.37. The molecule has 1 heterocycles. The van der Waals surface area contributed by atoms with Crippen molar-refractivity contribution in [2.75, 3.05) is 20.2 Å². The van der Waals surface area contributed by atoms with Crippen LogP contribution in [0.4, 0.5) is 8.78 Å². The van der Waals surface area contributed by atoms with Crippen LogP contribution in [-0.4, -0.2) is 26.2 Å². The number of hydrogen-bond acceptors (Lipinski definition) is 3. The maximum atomic E-state index is 13.8. The summed E-state index contributed by atoms with van der Waals surface area (Å²) in [6, 6.07) is 2.05. The first-order valence-electron chi connectivity index (χ1n) is 5.91. The van der Waals surface area contributed by atoms with Gasteiger partial charge in [-0.1, -0.05) is 0 Å². The van der Waals surface area contributed by atoms with Gasteiger partial charge in [0.05, 0.1) is 12.7 Å². The van der Waals surface area contributed by atoms with E-state index >= 15 is 0 Å². The maximum absolute atomic E-state index is 13.8. The predicted octanol–water partition coefficient (Wildman–Crippen LogP) is 2.22. The summed E-state index contributed by atoms with van der Waals surface area (Å²) < 4.78 is 31.7. The number of carbonyl (C=O) groups excluding carboxylic acids is 1. The molecule has 18 heavy (non-hydrogen) atoms. The molecule has 1 fully saturated rings. The Labute approximate surface area is 104 Å². The lowest BCUT2D eigenvalue weighted by Crippen LogP contribution is -2.27. The molecule has 1 saturated heterocycles. The van der Waals surface area contributed by atoms with E-state index in [0.717, 1.165) is 32.0 Å². The average molecular weight is 255 g/mol. The lowest BCUT2D eigenvalue weighted by Gasteiger charge is -2.23. The van der Waals surface area contributed by atoms with E-state index in [2.05, 4.69) is 10.1 Å². The largest absolute Gasteiger partial charge is 0.465 e. The lowest BCUT2D eigenvalue weighted by atomic mass is 9.89. The zero-order valence-electron chi connectivity index (χ0n) is 10.1. The van der Waals surface area contributed by atoms with E-state index in [0.29, 0.717) is 5.56 Å². The van der Waals surface area contributed by atoms with Crippen molar-refractivity contribution in [2.24, 2.45) is 0 Å². The van der Waals surface area contributed by atoms with Gasteiger partial charge in [0, 0.05) is 6.07 Å². The van der Waals surface area contributed by atoms with Crippen LogP contribution in [0, 0.1) is 11.6 Å². The molecule has 0 saturated carbocycles. The highest BCUT2D eigenvalue weighted by Gasteiger charge is 2.23. The quantitative estimate of drug-likeness (QED) is 0.823. The molecule has 0 spiro atoms. The monoisotopic (exact) mass is 255 g/mol. The first kappa shape index (κ1) is 13.0. The van der Waals surface area contributed by atoms with Crippen molar-refractivity contribution in [3.63, 3.8) is 0 Å². The van der Waals surface area contributed by atoms with E-state index in [1.54, 1.807) is 0 Å². The van der Waals surface area contributed by atoms with E-state index in [-0.39, 0.29) is 11.5 Å². The van der Waals surface area contributed by atoms with Crippen molar-refractivity contribution in [1.82, 2.24) is 5.32 Å². The van der Waals surface area contributed by atoms with Crippen molar-refractivity contribution in [3.05, 3.63) is 34.9 Å². The molecule has 0 amide bonds. The summed E-state index contributed by atoms with van der Waals surface area (Å²) in [7, 11) is 1.18. The fourth-order valence-corrected chi connectivity index (χ4v) is 2.28. The van der Waals surface area contributed by atoms with Crippen molar-refractivity contribution in [1.29, 1.82) is 0 Å². The molecule has 2 rings (SSSR count). The molecule has 0 aromatic heterocycles. The van der Waals surface area contributed by atoms with Crippen LogP contribution in [0.2, 0.25) is 0 Å². The average Bonchev–Trinajstić information content (AvgIpc) is 2.39. The number of rotatable bonds is 2. The Balaban J connectivity index is 2.37. The number of halogens is 2. The van der Waals surface area contributed by atoms with Gasteiger partial charge in [-0.3, -0.25) is 0 Å². The van der Waals surface area contributed by atoms with Crippen molar-refractivity contribution >= 4 is 5.97 Å². The van der Waals surface area contributed by atoms with Crippen molar-refractivity contribution < 1.29 is 18.3 Å². The van der Waals surface area contributed by atoms with E-state index in [4.69, 9.17) is 0 Å². The summed E-state index contributed by atoms with van der Waals surface area (Å²) in [5.74, 6) is -2.22. The van der Waals surface area contributed by atoms with Crippen molar-refractivity contribution in [3.8, 4) is 0 Å². The predicted molar refractivity (Wildman–Crippen MR) is 62.5 cm³/mol. The molecule has 3 nitrogen and oxygen atoms in total. The highest BCUT2D eigenvalue weighted by atomic mass is 19.1. The fourth-order valence-electron chi connectivity index (χ4n) is 2.28. The van der Waals surface area contributed by atoms with Crippen LogP contribution in [0.25, 0.3) is 0 Å². The van der Waals surface area contributed by atoms with Gasteiger partial charge in [0.1, 0.15) is 11.6 Å². The third-order valence-corrected chi connectivity index (χ3v) is 3.27. The number of ether oxygens (including phenoxy) is 1. The summed E-state index contributed by atoms with van der Waals surface area (Å²) in [5.41, 5.74) is 0.200. The molecular formula is C13H15F2NO2. The number of benzene rings is 1.